The van der Waals surface area contributed by atoms with Crippen LogP contribution in [-0.2, 0) is 0 Å². The standard InChI is InChI=1S/C10H20N2S/c1-4-6-10(2,3)12-9-11-7-5-8-13-9/h4-8H2,1-3H3,(H,11,12). The van der Waals surface area contributed by atoms with Crippen LogP contribution in [0.2, 0.25) is 0 Å². The van der Waals surface area contributed by atoms with E-state index in [1.54, 1.807) is 0 Å². The molecule has 0 saturated heterocycles. The molecule has 2 nitrogen and oxygen atoms in total. The number of aliphatic imine (C=N–C) groups is 1. The van der Waals surface area contributed by atoms with Crippen LogP contribution >= 0.6 is 11.8 Å². The van der Waals surface area contributed by atoms with E-state index in [1.807, 2.05) is 11.8 Å². The Kier molecular flexibility index (Phi) is 4.10. The number of thioether (sulfide) groups is 1. The van der Waals surface area contributed by atoms with E-state index in [0.717, 1.165) is 11.7 Å². The lowest BCUT2D eigenvalue weighted by molar-refractivity contribution is 0.422. The molecule has 0 fully saturated rings. The Labute approximate surface area is 85.6 Å². The Morgan fingerprint density at radius 1 is 1.54 bits per heavy atom. The molecule has 0 atom stereocenters. The molecule has 0 aromatic rings. The number of hydrogen-bond acceptors (Lipinski definition) is 3. The van der Waals surface area contributed by atoms with Crippen LogP contribution in [0.5, 0.6) is 0 Å². The number of nitrogens with zero attached hydrogens (tertiary/aromatic N) is 1. The molecule has 3 heteroatoms. The molecule has 0 radical (unpaired) electrons. The fourth-order valence-corrected chi connectivity index (χ4v) is 2.51. The van der Waals surface area contributed by atoms with E-state index in [-0.39, 0.29) is 5.54 Å². The van der Waals surface area contributed by atoms with Crippen LogP contribution in [0.3, 0.4) is 0 Å². The molecular formula is C10H20N2S. The zero-order chi connectivity index (χ0) is 9.73. The largest absolute Gasteiger partial charge is 0.360 e. The molecule has 1 rings (SSSR count). The van der Waals surface area contributed by atoms with Gasteiger partial charge in [0.2, 0.25) is 0 Å². The molecule has 1 aliphatic rings. The average molecular weight is 200 g/mol. The Morgan fingerprint density at radius 3 is 2.85 bits per heavy atom. The maximum atomic E-state index is 4.47. The summed E-state index contributed by atoms with van der Waals surface area (Å²) in [6, 6.07) is 0. The van der Waals surface area contributed by atoms with Gasteiger partial charge in [-0.15, -0.1) is 0 Å². The molecule has 0 aliphatic carbocycles. The van der Waals surface area contributed by atoms with E-state index in [2.05, 4.69) is 31.1 Å². The van der Waals surface area contributed by atoms with Gasteiger partial charge in [0.25, 0.3) is 0 Å². The summed E-state index contributed by atoms with van der Waals surface area (Å²) in [4.78, 5) is 4.47. The van der Waals surface area contributed by atoms with E-state index < -0.39 is 0 Å². The lowest BCUT2D eigenvalue weighted by Gasteiger charge is -2.28. The molecule has 0 aromatic heterocycles. The third-order valence-electron chi connectivity index (χ3n) is 2.12. The second-order valence-corrected chi connectivity index (χ2v) is 5.23. The van der Waals surface area contributed by atoms with Crippen LogP contribution in [0.15, 0.2) is 4.99 Å². The average Bonchev–Trinajstić information content (AvgIpc) is 2.04. The summed E-state index contributed by atoms with van der Waals surface area (Å²) in [6.07, 6.45) is 3.65. The summed E-state index contributed by atoms with van der Waals surface area (Å²) in [5.74, 6) is 1.22. The van der Waals surface area contributed by atoms with Crippen LogP contribution < -0.4 is 5.32 Å². The van der Waals surface area contributed by atoms with Crippen LogP contribution in [0.25, 0.3) is 0 Å². The van der Waals surface area contributed by atoms with Gasteiger partial charge in [-0.25, -0.2) is 0 Å². The van der Waals surface area contributed by atoms with Crippen molar-refractivity contribution in [3.8, 4) is 0 Å². The van der Waals surface area contributed by atoms with Gasteiger partial charge in [-0.2, -0.15) is 0 Å². The maximum Gasteiger partial charge on any atom is 0.156 e. The first kappa shape index (κ1) is 10.9. The van der Waals surface area contributed by atoms with Crippen molar-refractivity contribution in [3.63, 3.8) is 0 Å². The molecule has 0 spiro atoms. The summed E-state index contributed by atoms with van der Waals surface area (Å²) in [7, 11) is 0. The first-order valence-electron chi connectivity index (χ1n) is 5.09. The lowest BCUT2D eigenvalue weighted by Crippen LogP contribution is -2.42. The summed E-state index contributed by atoms with van der Waals surface area (Å²) in [5, 5.41) is 4.65. The van der Waals surface area contributed by atoms with Crippen molar-refractivity contribution in [3.05, 3.63) is 0 Å². The van der Waals surface area contributed by atoms with E-state index in [1.165, 1.54) is 25.0 Å². The van der Waals surface area contributed by atoms with Crippen molar-refractivity contribution in [1.29, 1.82) is 0 Å². The highest BCUT2D eigenvalue weighted by Gasteiger charge is 2.18. The Morgan fingerprint density at radius 2 is 2.31 bits per heavy atom. The predicted octanol–water partition coefficient (Wildman–Crippen LogP) is 2.65. The number of rotatable bonds is 3. The van der Waals surface area contributed by atoms with Crippen LogP contribution in [0.4, 0.5) is 0 Å². The minimum Gasteiger partial charge on any atom is -0.360 e. The van der Waals surface area contributed by atoms with Crippen molar-refractivity contribution < 1.29 is 0 Å². The molecule has 0 aromatic carbocycles. The molecule has 13 heavy (non-hydrogen) atoms. The topological polar surface area (TPSA) is 24.4 Å². The monoisotopic (exact) mass is 200 g/mol. The van der Waals surface area contributed by atoms with E-state index in [4.69, 9.17) is 0 Å². The number of hydrogen-bond donors (Lipinski definition) is 1. The van der Waals surface area contributed by atoms with Crippen molar-refractivity contribution in [2.45, 2.75) is 45.6 Å². The Hall–Kier alpha value is -0.180. The van der Waals surface area contributed by atoms with Crippen molar-refractivity contribution in [1.82, 2.24) is 5.32 Å². The molecule has 0 saturated carbocycles. The second kappa shape index (κ2) is 4.89. The van der Waals surface area contributed by atoms with Gasteiger partial charge in [0.05, 0.1) is 0 Å². The lowest BCUT2D eigenvalue weighted by atomic mass is 10.00. The van der Waals surface area contributed by atoms with Gasteiger partial charge in [0, 0.05) is 17.8 Å². The minimum absolute atomic E-state index is 0.206. The second-order valence-electron chi connectivity index (χ2n) is 4.15. The van der Waals surface area contributed by atoms with Crippen molar-refractivity contribution >= 4 is 16.9 Å². The Balaban J connectivity index is 2.41. The third kappa shape index (κ3) is 4.03. The van der Waals surface area contributed by atoms with Gasteiger partial charge in [-0.3, -0.25) is 4.99 Å². The zero-order valence-electron chi connectivity index (χ0n) is 8.89. The SMILES string of the molecule is CCCC(C)(C)NC1=NCCCS1. The van der Waals surface area contributed by atoms with Crippen LogP contribution in [-0.4, -0.2) is 23.0 Å². The van der Waals surface area contributed by atoms with Crippen LogP contribution in [0, 0.1) is 0 Å². The predicted molar refractivity (Wildman–Crippen MR) is 61.5 cm³/mol. The van der Waals surface area contributed by atoms with Gasteiger partial charge >= 0.3 is 0 Å². The summed E-state index contributed by atoms with van der Waals surface area (Å²) in [5.41, 5.74) is 0.206. The zero-order valence-corrected chi connectivity index (χ0v) is 9.71. The Bertz CT molecular complexity index is 187. The highest BCUT2D eigenvalue weighted by Crippen LogP contribution is 2.16. The molecule has 0 bridgehead atoms. The first-order valence-corrected chi connectivity index (χ1v) is 6.08. The normalized spacial score (nSPS) is 18.2. The van der Waals surface area contributed by atoms with Crippen molar-refractivity contribution in [2.24, 2.45) is 4.99 Å². The van der Waals surface area contributed by atoms with Gasteiger partial charge in [-0.1, -0.05) is 25.1 Å². The molecule has 1 aliphatic heterocycles. The van der Waals surface area contributed by atoms with E-state index in [9.17, 15) is 0 Å². The highest BCUT2D eigenvalue weighted by molar-refractivity contribution is 8.13. The number of amidine groups is 1. The quantitative estimate of drug-likeness (QED) is 0.757. The maximum absolute atomic E-state index is 4.47. The molecule has 76 valence electrons. The summed E-state index contributed by atoms with van der Waals surface area (Å²) < 4.78 is 0. The van der Waals surface area contributed by atoms with Gasteiger partial charge in [0.1, 0.15) is 0 Å². The minimum atomic E-state index is 0.206. The third-order valence-corrected chi connectivity index (χ3v) is 3.11. The van der Waals surface area contributed by atoms with Crippen LogP contribution in [0.1, 0.15) is 40.0 Å². The van der Waals surface area contributed by atoms with E-state index in [0.29, 0.717) is 0 Å². The molecule has 1 N–H and O–H groups in total. The van der Waals surface area contributed by atoms with Gasteiger partial charge in [0.15, 0.2) is 5.17 Å². The smallest absolute Gasteiger partial charge is 0.156 e. The molecular weight excluding hydrogens is 180 g/mol. The fraction of sp³-hybridized carbons (Fsp3) is 0.900. The van der Waals surface area contributed by atoms with Crippen molar-refractivity contribution in [2.75, 3.05) is 12.3 Å². The first-order chi connectivity index (χ1) is 6.14. The summed E-state index contributed by atoms with van der Waals surface area (Å²) >= 11 is 1.85. The fourth-order valence-electron chi connectivity index (χ4n) is 1.51. The van der Waals surface area contributed by atoms with Gasteiger partial charge in [-0.05, 0) is 26.7 Å². The molecule has 0 unspecified atom stereocenters. The summed E-state index contributed by atoms with van der Waals surface area (Å²) in [6.45, 7) is 7.71. The number of nitrogens with one attached hydrogen (secondary N) is 1. The molecule has 0 amide bonds. The highest BCUT2D eigenvalue weighted by atomic mass is 32.2. The molecule has 1 heterocycles. The van der Waals surface area contributed by atoms with Gasteiger partial charge < -0.3 is 5.32 Å². The van der Waals surface area contributed by atoms with E-state index >= 15 is 0 Å².